The summed E-state index contributed by atoms with van der Waals surface area (Å²) in [5.74, 6) is 0. The molecule has 1 saturated heterocycles. The van der Waals surface area contributed by atoms with Gasteiger partial charge in [-0.15, -0.1) is 0 Å². The molecule has 3 heteroatoms. The van der Waals surface area contributed by atoms with Gasteiger partial charge in [0.1, 0.15) is 0 Å². The van der Waals surface area contributed by atoms with Crippen LogP contribution in [0.5, 0.6) is 0 Å². The van der Waals surface area contributed by atoms with Gasteiger partial charge < -0.3 is 15.0 Å². The number of benzene rings is 1. The molecule has 2 rings (SSSR count). The van der Waals surface area contributed by atoms with Gasteiger partial charge in [-0.3, -0.25) is 0 Å². The Balaban J connectivity index is 1.83. The van der Waals surface area contributed by atoms with Gasteiger partial charge in [0.2, 0.25) is 0 Å². The Morgan fingerprint density at radius 3 is 2.60 bits per heavy atom. The number of nitrogens with one attached hydrogen (secondary N) is 1. The van der Waals surface area contributed by atoms with Crippen LogP contribution < -0.4 is 10.2 Å². The summed E-state index contributed by atoms with van der Waals surface area (Å²) in [6, 6.07) is 9.32. The summed E-state index contributed by atoms with van der Waals surface area (Å²) >= 11 is 0. The number of rotatable bonds is 7. The van der Waals surface area contributed by atoms with E-state index in [2.05, 4.69) is 55.6 Å². The molecule has 112 valence electrons. The normalized spacial score (nSPS) is 20.1. The van der Waals surface area contributed by atoms with Crippen molar-refractivity contribution in [1.82, 2.24) is 5.32 Å². The first kappa shape index (κ1) is 15.3. The molecule has 1 fully saturated rings. The van der Waals surface area contributed by atoms with E-state index in [0.29, 0.717) is 12.1 Å². The summed E-state index contributed by atoms with van der Waals surface area (Å²) in [5.41, 5.74) is 2.63. The lowest BCUT2D eigenvalue weighted by Gasteiger charge is -2.19. The number of anilines is 1. The number of hydrogen-bond donors (Lipinski definition) is 1. The molecular formula is C17H28N2O. The first-order chi connectivity index (χ1) is 9.70. The molecule has 2 unspecified atom stereocenters. The molecule has 0 aliphatic carbocycles. The van der Waals surface area contributed by atoms with Crippen LogP contribution >= 0.6 is 0 Å². The molecule has 3 nitrogen and oxygen atoms in total. The second kappa shape index (κ2) is 7.65. The quantitative estimate of drug-likeness (QED) is 0.826. The Hall–Kier alpha value is -1.06. The summed E-state index contributed by atoms with van der Waals surface area (Å²) in [4.78, 5) is 2.13. The van der Waals surface area contributed by atoms with Crippen molar-refractivity contribution >= 4 is 5.69 Å². The van der Waals surface area contributed by atoms with Crippen molar-refractivity contribution in [3.8, 4) is 0 Å². The molecule has 2 atom stereocenters. The standard InChI is InChI=1S/C17H28N2O/c1-18-17(8-4-6-16-7-5-13-20-16)14-9-11-15(12-10-14)19(2)3/h9-12,16-18H,4-8,13H2,1-3H3. The Morgan fingerprint density at radius 1 is 1.30 bits per heavy atom. The van der Waals surface area contributed by atoms with Crippen LogP contribution in [0, 0.1) is 0 Å². The predicted octanol–water partition coefficient (Wildman–Crippen LogP) is 3.36. The van der Waals surface area contributed by atoms with Crippen LogP contribution in [0.3, 0.4) is 0 Å². The van der Waals surface area contributed by atoms with Crippen LogP contribution in [0.15, 0.2) is 24.3 Å². The van der Waals surface area contributed by atoms with Gasteiger partial charge in [0.25, 0.3) is 0 Å². The molecule has 0 saturated carbocycles. The molecule has 0 bridgehead atoms. The first-order valence-electron chi connectivity index (χ1n) is 7.77. The zero-order valence-corrected chi connectivity index (χ0v) is 13.1. The van der Waals surface area contributed by atoms with E-state index >= 15 is 0 Å². The van der Waals surface area contributed by atoms with Gasteiger partial charge in [-0.1, -0.05) is 12.1 Å². The van der Waals surface area contributed by atoms with Crippen molar-refractivity contribution in [3.63, 3.8) is 0 Å². The monoisotopic (exact) mass is 276 g/mol. The molecule has 1 aliphatic heterocycles. The van der Waals surface area contributed by atoms with E-state index in [1.165, 1.54) is 43.4 Å². The molecule has 0 radical (unpaired) electrons. The molecule has 20 heavy (non-hydrogen) atoms. The zero-order valence-electron chi connectivity index (χ0n) is 13.1. The predicted molar refractivity (Wildman–Crippen MR) is 85.4 cm³/mol. The highest BCUT2D eigenvalue weighted by Gasteiger charge is 2.16. The Labute approximate surface area is 123 Å². The maximum Gasteiger partial charge on any atom is 0.0576 e. The number of ether oxygens (including phenoxy) is 1. The van der Waals surface area contributed by atoms with Crippen molar-refractivity contribution in [2.24, 2.45) is 0 Å². The summed E-state index contributed by atoms with van der Waals surface area (Å²) in [7, 11) is 6.20. The van der Waals surface area contributed by atoms with Crippen molar-refractivity contribution in [1.29, 1.82) is 0 Å². The van der Waals surface area contributed by atoms with Gasteiger partial charge in [0, 0.05) is 32.4 Å². The Bertz CT molecular complexity index is 382. The average Bonchev–Trinajstić information content (AvgIpc) is 2.97. The summed E-state index contributed by atoms with van der Waals surface area (Å²) in [5, 5.41) is 3.44. The molecule has 1 aromatic carbocycles. The van der Waals surface area contributed by atoms with Crippen LogP contribution in [0.4, 0.5) is 5.69 Å². The largest absolute Gasteiger partial charge is 0.378 e. The van der Waals surface area contributed by atoms with Crippen molar-refractivity contribution in [2.75, 3.05) is 32.6 Å². The molecule has 0 aromatic heterocycles. The fraction of sp³-hybridized carbons (Fsp3) is 0.647. The third-order valence-corrected chi connectivity index (χ3v) is 4.20. The smallest absolute Gasteiger partial charge is 0.0576 e. The van der Waals surface area contributed by atoms with Gasteiger partial charge in [-0.2, -0.15) is 0 Å². The van der Waals surface area contributed by atoms with E-state index in [9.17, 15) is 0 Å². The molecular weight excluding hydrogens is 248 g/mol. The molecule has 0 amide bonds. The third-order valence-electron chi connectivity index (χ3n) is 4.20. The maximum absolute atomic E-state index is 5.69. The van der Waals surface area contributed by atoms with E-state index in [4.69, 9.17) is 4.74 Å². The third kappa shape index (κ3) is 4.22. The SMILES string of the molecule is CNC(CCCC1CCCO1)c1ccc(N(C)C)cc1. The van der Waals surface area contributed by atoms with Crippen molar-refractivity contribution in [3.05, 3.63) is 29.8 Å². The highest BCUT2D eigenvalue weighted by molar-refractivity contribution is 5.46. The van der Waals surface area contributed by atoms with E-state index < -0.39 is 0 Å². The summed E-state index contributed by atoms with van der Waals surface area (Å²) in [6.07, 6.45) is 6.62. The van der Waals surface area contributed by atoms with Gasteiger partial charge >= 0.3 is 0 Å². The van der Waals surface area contributed by atoms with Crippen molar-refractivity contribution in [2.45, 2.75) is 44.2 Å². The highest BCUT2D eigenvalue weighted by Crippen LogP contribution is 2.24. The second-order valence-electron chi connectivity index (χ2n) is 5.89. The molecule has 1 aromatic rings. The topological polar surface area (TPSA) is 24.5 Å². The van der Waals surface area contributed by atoms with Gasteiger partial charge in [0.05, 0.1) is 6.10 Å². The lowest BCUT2D eigenvalue weighted by Crippen LogP contribution is -2.17. The highest BCUT2D eigenvalue weighted by atomic mass is 16.5. The first-order valence-corrected chi connectivity index (χ1v) is 7.77. The summed E-state index contributed by atoms with van der Waals surface area (Å²) < 4.78 is 5.69. The van der Waals surface area contributed by atoms with Gasteiger partial charge in [0.15, 0.2) is 0 Å². The number of hydrogen-bond acceptors (Lipinski definition) is 3. The summed E-state index contributed by atoms with van der Waals surface area (Å²) in [6.45, 7) is 0.964. The average molecular weight is 276 g/mol. The molecule has 1 N–H and O–H groups in total. The van der Waals surface area contributed by atoms with Crippen LogP contribution in [0.25, 0.3) is 0 Å². The van der Waals surface area contributed by atoms with Crippen LogP contribution in [0.2, 0.25) is 0 Å². The lowest BCUT2D eigenvalue weighted by atomic mass is 9.99. The lowest BCUT2D eigenvalue weighted by molar-refractivity contribution is 0.101. The Morgan fingerprint density at radius 2 is 2.05 bits per heavy atom. The van der Waals surface area contributed by atoms with Crippen LogP contribution in [-0.4, -0.2) is 33.9 Å². The van der Waals surface area contributed by atoms with E-state index in [1.807, 2.05) is 0 Å². The van der Waals surface area contributed by atoms with E-state index in [-0.39, 0.29) is 0 Å². The zero-order chi connectivity index (χ0) is 14.4. The van der Waals surface area contributed by atoms with Gasteiger partial charge in [-0.25, -0.2) is 0 Å². The molecule has 1 aliphatic rings. The van der Waals surface area contributed by atoms with Crippen LogP contribution in [0.1, 0.15) is 43.7 Å². The molecule has 1 heterocycles. The maximum atomic E-state index is 5.69. The minimum Gasteiger partial charge on any atom is -0.378 e. The Kier molecular flexibility index (Phi) is 5.86. The minimum absolute atomic E-state index is 0.451. The number of nitrogens with zero attached hydrogens (tertiary/aromatic N) is 1. The fourth-order valence-electron chi connectivity index (χ4n) is 2.90. The van der Waals surface area contributed by atoms with Crippen LogP contribution in [-0.2, 0) is 4.74 Å². The second-order valence-corrected chi connectivity index (χ2v) is 5.89. The van der Waals surface area contributed by atoms with Gasteiger partial charge in [-0.05, 0) is 56.8 Å². The van der Waals surface area contributed by atoms with E-state index in [1.54, 1.807) is 0 Å². The van der Waals surface area contributed by atoms with Crippen molar-refractivity contribution < 1.29 is 4.74 Å². The van der Waals surface area contributed by atoms with E-state index in [0.717, 1.165) is 6.61 Å². The minimum atomic E-state index is 0.451. The fourth-order valence-corrected chi connectivity index (χ4v) is 2.90. The molecule has 0 spiro atoms.